The highest BCUT2D eigenvalue weighted by atomic mass is 32.2. The molecule has 1 heterocycles. The van der Waals surface area contributed by atoms with Gasteiger partial charge in [0.25, 0.3) is 0 Å². The van der Waals surface area contributed by atoms with Crippen LogP contribution in [0.3, 0.4) is 0 Å². The van der Waals surface area contributed by atoms with Crippen LogP contribution in [0, 0.1) is 6.92 Å². The van der Waals surface area contributed by atoms with Crippen LogP contribution in [0.1, 0.15) is 12.5 Å². The fourth-order valence-electron chi connectivity index (χ4n) is 1.31. The Balaban J connectivity index is 2.01. The Morgan fingerprint density at radius 3 is 2.64 bits per heavy atom. The van der Waals surface area contributed by atoms with Crippen molar-refractivity contribution in [1.82, 2.24) is 0 Å². The van der Waals surface area contributed by atoms with E-state index in [4.69, 9.17) is 0 Å². The summed E-state index contributed by atoms with van der Waals surface area (Å²) in [5.74, 6) is 0. The quantitative estimate of drug-likeness (QED) is 0.764. The van der Waals surface area contributed by atoms with Crippen LogP contribution in [-0.4, -0.2) is 17.0 Å². The van der Waals surface area contributed by atoms with Crippen LogP contribution >= 0.6 is 11.8 Å². The summed E-state index contributed by atoms with van der Waals surface area (Å²) in [6.07, 6.45) is 0. The van der Waals surface area contributed by atoms with Gasteiger partial charge in [-0.15, -0.1) is 0 Å². The Morgan fingerprint density at radius 2 is 2.07 bits per heavy atom. The van der Waals surface area contributed by atoms with Crippen molar-refractivity contribution in [1.29, 1.82) is 0 Å². The van der Waals surface area contributed by atoms with E-state index < -0.39 is 0 Å². The zero-order valence-electron chi connectivity index (χ0n) is 8.45. The maximum atomic E-state index is 4.40. The van der Waals surface area contributed by atoms with E-state index in [0.29, 0.717) is 5.25 Å². The SMILES string of the molecule is Cc1ccc(NC2=NC[C@H](C)S2)cc1. The molecule has 0 radical (unpaired) electrons. The number of nitrogens with one attached hydrogen (secondary N) is 1. The Hall–Kier alpha value is -0.960. The Bertz CT molecular complexity index is 343. The van der Waals surface area contributed by atoms with Crippen LogP contribution in [0.5, 0.6) is 0 Å². The standard InChI is InChI=1S/C11H14N2S/c1-8-3-5-10(6-4-8)13-11-12-7-9(2)14-11/h3-6,9H,7H2,1-2H3,(H,12,13)/t9-/m0/s1. The Labute approximate surface area is 88.8 Å². The molecule has 0 spiro atoms. The zero-order chi connectivity index (χ0) is 9.97. The van der Waals surface area contributed by atoms with Gasteiger partial charge in [0, 0.05) is 10.9 Å². The smallest absolute Gasteiger partial charge is 0.161 e. The summed E-state index contributed by atoms with van der Waals surface area (Å²) in [5.41, 5.74) is 2.40. The minimum atomic E-state index is 0.614. The Kier molecular flexibility index (Phi) is 2.77. The summed E-state index contributed by atoms with van der Waals surface area (Å²) < 4.78 is 0. The molecule has 14 heavy (non-hydrogen) atoms. The first-order chi connectivity index (χ1) is 6.74. The normalized spacial score (nSPS) is 20.7. The number of rotatable bonds is 1. The summed E-state index contributed by atoms with van der Waals surface area (Å²) in [7, 11) is 0. The van der Waals surface area contributed by atoms with Crippen LogP contribution in [0.4, 0.5) is 5.69 Å². The number of thioether (sulfide) groups is 1. The third-order valence-electron chi connectivity index (χ3n) is 2.11. The van der Waals surface area contributed by atoms with Gasteiger partial charge in [-0.3, -0.25) is 4.99 Å². The maximum absolute atomic E-state index is 4.40. The predicted molar refractivity (Wildman–Crippen MR) is 64.2 cm³/mol. The molecule has 0 saturated heterocycles. The maximum Gasteiger partial charge on any atom is 0.161 e. The van der Waals surface area contributed by atoms with Crippen LogP contribution < -0.4 is 5.32 Å². The topological polar surface area (TPSA) is 24.4 Å². The van der Waals surface area contributed by atoms with Gasteiger partial charge in [-0.05, 0) is 19.1 Å². The van der Waals surface area contributed by atoms with Crippen molar-refractivity contribution >= 4 is 22.6 Å². The third kappa shape index (κ3) is 2.29. The number of aliphatic imine (C=N–C) groups is 1. The lowest BCUT2D eigenvalue weighted by Crippen LogP contribution is -2.05. The highest BCUT2D eigenvalue weighted by Gasteiger charge is 2.14. The predicted octanol–water partition coefficient (Wildman–Crippen LogP) is 2.90. The molecule has 1 aliphatic heterocycles. The average molecular weight is 206 g/mol. The lowest BCUT2D eigenvalue weighted by molar-refractivity contribution is 0.976. The van der Waals surface area contributed by atoms with Crippen LogP contribution in [-0.2, 0) is 0 Å². The molecule has 1 aromatic rings. The summed E-state index contributed by atoms with van der Waals surface area (Å²) in [5, 5.41) is 4.97. The lowest BCUT2D eigenvalue weighted by atomic mass is 10.2. The average Bonchev–Trinajstić information content (AvgIpc) is 2.56. The van der Waals surface area contributed by atoms with E-state index in [1.807, 2.05) is 0 Å². The van der Waals surface area contributed by atoms with E-state index in [1.165, 1.54) is 5.56 Å². The number of benzene rings is 1. The molecule has 0 bridgehead atoms. The molecule has 2 rings (SSSR count). The first kappa shape index (κ1) is 9.59. The zero-order valence-corrected chi connectivity index (χ0v) is 9.27. The lowest BCUT2D eigenvalue weighted by Gasteiger charge is -2.05. The van der Waals surface area contributed by atoms with Crippen molar-refractivity contribution < 1.29 is 0 Å². The summed E-state index contributed by atoms with van der Waals surface area (Å²) in [6, 6.07) is 8.38. The molecule has 0 fully saturated rings. The van der Waals surface area contributed by atoms with Gasteiger partial charge in [0.05, 0.1) is 6.54 Å². The largest absolute Gasteiger partial charge is 0.335 e. The summed E-state index contributed by atoms with van der Waals surface area (Å²) in [4.78, 5) is 4.40. The number of nitrogens with zero attached hydrogens (tertiary/aromatic N) is 1. The van der Waals surface area contributed by atoms with Crippen molar-refractivity contribution in [3.63, 3.8) is 0 Å². The molecule has 3 heteroatoms. The minimum absolute atomic E-state index is 0.614. The molecule has 1 aliphatic rings. The number of hydrogen-bond donors (Lipinski definition) is 1. The van der Waals surface area contributed by atoms with E-state index in [-0.39, 0.29) is 0 Å². The summed E-state index contributed by atoms with van der Waals surface area (Å²) in [6.45, 7) is 5.21. The van der Waals surface area contributed by atoms with E-state index in [1.54, 1.807) is 11.8 Å². The van der Waals surface area contributed by atoms with Crippen LogP contribution in [0.15, 0.2) is 29.3 Å². The molecular weight excluding hydrogens is 192 g/mol. The van der Waals surface area contributed by atoms with Crippen LogP contribution in [0.25, 0.3) is 0 Å². The number of anilines is 1. The second kappa shape index (κ2) is 4.05. The van der Waals surface area contributed by atoms with Crippen molar-refractivity contribution in [2.75, 3.05) is 11.9 Å². The van der Waals surface area contributed by atoms with Crippen molar-refractivity contribution in [2.45, 2.75) is 19.1 Å². The molecule has 74 valence electrons. The van der Waals surface area contributed by atoms with Crippen LogP contribution in [0.2, 0.25) is 0 Å². The molecule has 1 atom stereocenters. The van der Waals surface area contributed by atoms with Gasteiger partial charge in [0.2, 0.25) is 0 Å². The first-order valence-corrected chi connectivity index (χ1v) is 5.67. The van der Waals surface area contributed by atoms with Crippen molar-refractivity contribution in [2.24, 2.45) is 4.99 Å². The molecule has 0 amide bonds. The minimum Gasteiger partial charge on any atom is -0.335 e. The fraction of sp³-hybridized carbons (Fsp3) is 0.364. The number of aryl methyl sites for hydroxylation is 1. The Morgan fingerprint density at radius 1 is 1.36 bits per heavy atom. The molecule has 1 aromatic carbocycles. The van der Waals surface area contributed by atoms with Gasteiger partial charge >= 0.3 is 0 Å². The second-order valence-electron chi connectivity index (χ2n) is 3.57. The fourth-order valence-corrected chi connectivity index (χ4v) is 2.16. The molecular formula is C11H14N2S. The second-order valence-corrected chi connectivity index (χ2v) is 4.99. The van der Waals surface area contributed by atoms with Gasteiger partial charge in [-0.1, -0.05) is 36.4 Å². The third-order valence-corrected chi connectivity index (χ3v) is 3.11. The highest BCUT2D eigenvalue weighted by molar-refractivity contribution is 8.15. The van der Waals surface area contributed by atoms with E-state index in [0.717, 1.165) is 17.4 Å². The number of hydrogen-bond acceptors (Lipinski definition) is 3. The summed E-state index contributed by atoms with van der Waals surface area (Å²) >= 11 is 1.80. The van der Waals surface area contributed by atoms with E-state index >= 15 is 0 Å². The molecule has 0 unspecified atom stereocenters. The highest BCUT2D eigenvalue weighted by Crippen LogP contribution is 2.21. The molecule has 0 saturated carbocycles. The molecule has 0 aromatic heterocycles. The monoisotopic (exact) mass is 206 g/mol. The van der Waals surface area contributed by atoms with Gasteiger partial charge in [0.15, 0.2) is 5.17 Å². The van der Waals surface area contributed by atoms with Gasteiger partial charge in [-0.25, -0.2) is 0 Å². The van der Waals surface area contributed by atoms with Gasteiger partial charge in [-0.2, -0.15) is 0 Å². The van der Waals surface area contributed by atoms with E-state index in [9.17, 15) is 0 Å². The van der Waals surface area contributed by atoms with Gasteiger partial charge < -0.3 is 5.32 Å². The first-order valence-electron chi connectivity index (χ1n) is 4.79. The molecule has 1 N–H and O–H groups in total. The molecule has 2 nitrogen and oxygen atoms in total. The van der Waals surface area contributed by atoms with Gasteiger partial charge in [0.1, 0.15) is 0 Å². The van der Waals surface area contributed by atoms with E-state index in [2.05, 4.69) is 48.4 Å². The number of amidine groups is 1. The molecule has 0 aliphatic carbocycles. The van der Waals surface area contributed by atoms with Crippen molar-refractivity contribution in [3.8, 4) is 0 Å². The van der Waals surface area contributed by atoms with Crippen molar-refractivity contribution in [3.05, 3.63) is 29.8 Å².